The zero-order chi connectivity index (χ0) is 21.8. The average Bonchev–Trinajstić information content (AvgIpc) is 2.76. The maximum Gasteiger partial charge on any atom is 0.311 e. The first-order chi connectivity index (χ1) is 15.0. The summed E-state index contributed by atoms with van der Waals surface area (Å²) in [6.45, 7) is 3.89. The van der Waals surface area contributed by atoms with Crippen LogP contribution in [0.5, 0.6) is 5.75 Å². The molecule has 0 saturated carbocycles. The summed E-state index contributed by atoms with van der Waals surface area (Å²) in [6, 6.07) is 7.01. The molecule has 1 fully saturated rings. The highest BCUT2D eigenvalue weighted by atomic mass is 35.5. The molecule has 0 radical (unpaired) electrons. The summed E-state index contributed by atoms with van der Waals surface area (Å²) in [7, 11) is 0. The molecule has 3 aromatic rings. The summed E-state index contributed by atoms with van der Waals surface area (Å²) in [5, 5.41) is 15.0. The summed E-state index contributed by atoms with van der Waals surface area (Å²) in [5.41, 5.74) is 0.766. The Morgan fingerprint density at radius 2 is 2.06 bits per heavy atom. The van der Waals surface area contributed by atoms with E-state index in [0.29, 0.717) is 48.8 Å². The van der Waals surface area contributed by atoms with Crippen LogP contribution in [0.4, 0.5) is 21.6 Å². The lowest BCUT2D eigenvalue weighted by Crippen LogP contribution is -2.38. The highest BCUT2D eigenvalue weighted by molar-refractivity contribution is 6.31. The van der Waals surface area contributed by atoms with Gasteiger partial charge in [0, 0.05) is 37.5 Å². The van der Waals surface area contributed by atoms with Gasteiger partial charge >= 0.3 is 5.69 Å². The van der Waals surface area contributed by atoms with Crippen LogP contribution in [0.25, 0.3) is 10.9 Å². The number of nitrogens with zero attached hydrogens (tertiary/aromatic N) is 4. The van der Waals surface area contributed by atoms with Crippen molar-refractivity contribution in [3.05, 3.63) is 57.6 Å². The predicted molar refractivity (Wildman–Crippen MR) is 114 cm³/mol. The van der Waals surface area contributed by atoms with Crippen molar-refractivity contribution in [2.75, 3.05) is 44.8 Å². The molecule has 1 aliphatic rings. The zero-order valence-electron chi connectivity index (χ0n) is 16.4. The summed E-state index contributed by atoms with van der Waals surface area (Å²) in [6.07, 6.45) is 1.33. The Bertz CT molecular complexity index is 1110. The number of nitro groups is 1. The van der Waals surface area contributed by atoms with Crippen molar-refractivity contribution in [3.63, 3.8) is 0 Å². The van der Waals surface area contributed by atoms with Crippen molar-refractivity contribution >= 4 is 39.7 Å². The van der Waals surface area contributed by atoms with Gasteiger partial charge in [-0.05, 0) is 18.2 Å². The van der Waals surface area contributed by atoms with Crippen LogP contribution in [0.15, 0.2) is 36.7 Å². The van der Waals surface area contributed by atoms with Gasteiger partial charge in [0.2, 0.25) is 0 Å². The smallest absolute Gasteiger partial charge is 0.311 e. The number of nitro benzene ring substituents is 1. The quantitative estimate of drug-likeness (QED) is 0.431. The van der Waals surface area contributed by atoms with Crippen molar-refractivity contribution in [1.82, 2.24) is 14.9 Å². The highest BCUT2D eigenvalue weighted by Gasteiger charge is 2.20. The first-order valence-electron chi connectivity index (χ1n) is 9.59. The standard InChI is InChI=1S/C20H19ClFN5O4/c21-15-9-13(1-2-16(15)22)25-20-14-10-18(27(28)29)19(11-17(14)23-12-24-20)31-8-5-26-3-6-30-7-4-26/h1-2,9-12H,3-8H2,(H,23,24,25). The number of hydrogen-bond acceptors (Lipinski definition) is 8. The molecule has 0 amide bonds. The first kappa shape index (κ1) is 21.2. The van der Waals surface area contributed by atoms with Gasteiger partial charge in [-0.3, -0.25) is 15.0 Å². The summed E-state index contributed by atoms with van der Waals surface area (Å²) in [5.74, 6) is -0.0786. The summed E-state index contributed by atoms with van der Waals surface area (Å²) < 4.78 is 24.5. The molecule has 31 heavy (non-hydrogen) atoms. The van der Waals surface area contributed by atoms with Gasteiger partial charge in [-0.25, -0.2) is 14.4 Å². The molecular weight excluding hydrogens is 429 g/mol. The minimum Gasteiger partial charge on any atom is -0.485 e. The number of aromatic nitrogens is 2. The van der Waals surface area contributed by atoms with E-state index in [2.05, 4.69) is 20.2 Å². The van der Waals surface area contributed by atoms with E-state index in [1.807, 2.05) is 0 Å². The van der Waals surface area contributed by atoms with Gasteiger partial charge in [-0.2, -0.15) is 0 Å². The van der Waals surface area contributed by atoms with Crippen LogP contribution in [-0.4, -0.2) is 59.2 Å². The van der Waals surface area contributed by atoms with Gasteiger partial charge in [0.15, 0.2) is 5.75 Å². The number of ether oxygens (including phenoxy) is 2. The number of fused-ring (bicyclic) bond motifs is 1. The van der Waals surface area contributed by atoms with Crippen LogP contribution < -0.4 is 10.1 Å². The lowest BCUT2D eigenvalue weighted by Gasteiger charge is -2.26. The molecule has 0 spiro atoms. The second-order valence-corrected chi connectivity index (χ2v) is 7.28. The molecule has 11 heteroatoms. The SMILES string of the molecule is O=[N+]([O-])c1cc2c(Nc3ccc(F)c(Cl)c3)ncnc2cc1OCCN1CCOCC1. The number of rotatable bonds is 7. The molecule has 4 rings (SSSR count). The molecule has 9 nitrogen and oxygen atoms in total. The van der Waals surface area contributed by atoms with E-state index in [-0.39, 0.29) is 16.5 Å². The van der Waals surface area contributed by atoms with E-state index >= 15 is 0 Å². The Labute approximate surface area is 181 Å². The fraction of sp³-hybridized carbons (Fsp3) is 0.300. The molecular formula is C20H19ClFN5O4. The molecule has 0 aliphatic carbocycles. The first-order valence-corrected chi connectivity index (χ1v) is 9.97. The van der Waals surface area contributed by atoms with E-state index in [1.165, 1.54) is 36.7 Å². The molecule has 0 bridgehead atoms. The molecule has 1 aromatic heterocycles. The predicted octanol–water partition coefficient (Wildman–Crippen LogP) is 3.79. The lowest BCUT2D eigenvalue weighted by atomic mass is 10.2. The van der Waals surface area contributed by atoms with Crippen molar-refractivity contribution in [2.45, 2.75) is 0 Å². The number of halogens is 2. The van der Waals surface area contributed by atoms with Crippen molar-refractivity contribution in [1.29, 1.82) is 0 Å². The molecule has 1 aliphatic heterocycles. The molecule has 2 heterocycles. The molecule has 2 aromatic carbocycles. The van der Waals surface area contributed by atoms with Gasteiger partial charge in [-0.1, -0.05) is 11.6 Å². The van der Waals surface area contributed by atoms with E-state index in [4.69, 9.17) is 21.1 Å². The Morgan fingerprint density at radius 1 is 1.26 bits per heavy atom. The minimum atomic E-state index is -0.547. The molecule has 0 unspecified atom stereocenters. The van der Waals surface area contributed by atoms with E-state index < -0.39 is 10.7 Å². The monoisotopic (exact) mass is 447 g/mol. The van der Waals surface area contributed by atoms with Crippen molar-refractivity contribution in [3.8, 4) is 5.75 Å². The van der Waals surface area contributed by atoms with E-state index in [1.54, 1.807) is 0 Å². The normalized spacial score (nSPS) is 14.5. The van der Waals surface area contributed by atoms with Crippen molar-refractivity contribution < 1.29 is 18.8 Å². The van der Waals surface area contributed by atoms with Gasteiger partial charge in [0.1, 0.15) is 24.6 Å². The number of benzene rings is 2. The lowest BCUT2D eigenvalue weighted by molar-refractivity contribution is -0.385. The fourth-order valence-corrected chi connectivity index (χ4v) is 3.43. The Morgan fingerprint density at radius 3 is 2.81 bits per heavy atom. The second kappa shape index (κ2) is 9.38. The van der Waals surface area contributed by atoms with Crippen LogP contribution >= 0.6 is 11.6 Å². The maximum absolute atomic E-state index is 13.4. The number of morpholine rings is 1. The van der Waals surface area contributed by atoms with Crippen LogP contribution in [0.2, 0.25) is 5.02 Å². The van der Waals surface area contributed by atoms with Crippen LogP contribution in [0, 0.1) is 15.9 Å². The molecule has 1 N–H and O–H groups in total. The minimum absolute atomic E-state index is 0.0507. The second-order valence-electron chi connectivity index (χ2n) is 6.87. The number of anilines is 2. The third kappa shape index (κ3) is 4.98. The summed E-state index contributed by atoms with van der Waals surface area (Å²) in [4.78, 5) is 21.7. The Balaban J connectivity index is 1.59. The van der Waals surface area contributed by atoms with Crippen molar-refractivity contribution in [2.24, 2.45) is 0 Å². The summed E-state index contributed by atoms with van der Waals surface area (Å²) >= 11 is 5.83. The number of nitrogens with one attached hydrogen (secondary N) is 1. The largest absolute Gasteiger partial charge is 0.485 e. The highest BCUT2D eigenvalue weighted by Crippen LogP contribution is 2.35. The van der Waals surface area contributed by atoms with Gasteiger partial charge in [0.05, 0.1) is 34.1 Å². The van der Waals surface area contributed by atoms with Gasteiger partial charge < -0.3 is 14.8 Å². The van der Waals surface area contributed by atoms with E-state index in [9.17, 15) is 14.5 Å². The topological polar surface area (TPSA) is 103 Å². The van der Waals surface area contributed by atoms with Crippen LogP contribution in [-0.2, 0) is 4.74 Å². The molecule has 162 valence electrons. The fourth-order valence-electron chi connectivity index (χ4n) is 3.25. The molecule has 0 atom stereocenters. The average molecular weight is 448 g/mol. The zero-order valence-corrected chi connectivity index (χ0v) is 17.1. The number of hydrogen-bond donors (Lipinski definition) is 1. The maximum atomic E-state index is 13.4. The Kier molecular flexibility index (Phi) is 6.40. The molecule has 1 saturated heterocycles. The van der Waals surface area contributed by atoms with Gasteiger partial charge in [0.25, 0.3) is 0 Å². The third-order valence-electron chi connectivity index (χ3n) is 4.86. The third-order valence-corrected chi connectivity index (χ3v) is 5.15. The van der Waals surface area contributed by atoms with Crippen LogP contribution in [0.3, 0.4) is 0 Å². The van der Waals surface area contributed by atoms with Gasteiger partial charge in [-0.15, -0.1) is 0 Å². The van der Waals surface area contributed by atoms with Crippen LogP contribution in [0.1, 0.15) is 0 Å². The van der Waals surface area contributed by atoms with E-state index in [0.717, 1.165) is 13.1 Å². The Hall–Kier alpha value is -3.08.